The summed E-state index contributed by atoms with van der Waals surface area (Å²) < 4.78 is 67.1. The molecule has 0 aliphatic heterocycles. The van der Waals surface area contributed by atoms with Crippen molar-refractivity contribution >= 4 is 15.9 Å². The number of carbonyl (C=O) groups is 1. The van der Waals surface area contributed by atoms with Crippen LogP contribution >= 0.6 is 0 Å². The van der Waals surface area contributed by atoms with Crippen LogP contribution in [0.25, 0.3) is 0 Å². The number of carbonyl (C=O) groups excluding carboxylic acids is 1. The van der Waals surface area contributed by atoms with E-state index in [0.717, 1.165) is 23.3 Å². The van der Waals surface area contributed by atoms with E-state index >= 15 is 0 Å². The summed E-state index contributed by atoms with van der Waals surface area (Å²) in [6.07, 6.45) is -4.86. The molecule has 0 aliphatic carbocycles. The van der Waals surface area contributed by atoms with Crippen molar-refractivity contribution in [3.63, 3.8) is 0 Å². The van der Waals surface area contributed by atoms with E-state index in [1.165, 1.54) is 13.0 Å². The molecule has 3 rings (SSSR count). The first-order chi connectivity index (χ1) is 15.1. The van der Waals surface area contributed by atoms with Crippen molar-refractivity contribution in [2.75, 3.05) is 0 Å². The molecule has 0 aliphatic rings. The number of amides is 1. The summed E-state index contributed by atoms with van der Waals surface area (Å²) in [5, 5.41) is 2.78. The average molecular weight is 462 g/mol. The Bertz CT molecular complexity index is 1130. The van der Waals surface area contributed by atoms with Gasteiger partial charge < -0.3 is 5.32 Å². The normalized spacial score (nSPS) is 13.0. The third-order valence-electron chi connectivity index (χ3n) is 4.76. The maximum Gasteiger partial charge on any atom is 0.417 e. The van der Waals surface area contributed by atoms with Crippen LogP contribution in [-0.2, 0) is 21.0 Å². The van der Waals surface area contributed by atoms with Crippen molar-refractivity contribution in [2.24, 2.45) is 0 Å². The number of nitrogens with one attached hydrogen (secondary N) is 2. The van der Waals surface area contributed by atoms with E-state index < -0.39 is 44.6 Å². The van der Waals surface area contributed by atoms with Crippen LogP contribution in [0.1, 0.15) is 29.7 Å². The average Bonchev–Trinajstić information content (AvgIpc) is 2.77. The molecule has 0 bridgehead atoms. The fourth-order valence-corrected chi connectivity index (χ4v) is 4.63. The van der Waals surface area contributed by atoms with Gasteiger partial charge >= 0.3 is 6.18 Å². The minimum absolute atomic E-state index is 0.570. The van der Waals surface area contributed by atoms with Crippen LogP contribution in [0.4, 0.5) is 13.2 Å². The first-order valence-electron chi connectivity index (χ1n) is 9.68. The van der Waals surface area contributed by atoms with Crippen LogP contribution in [0.2, 0.25) is 0 Å². The van der Waals surface area contributed by atoms with Gasteiger partial charge in [0.15, 0.2) is 0 Å². The van der Waals surface area contributed by atoms with Crippen LogP contribution in [0.5, 0.6) is 0 Å². The van der Waals surface area contributed by atoms with E-state index in [1.54, 1.807) is 24.3 Å². The Morgan fingerprint density at radius 1 is 0.812 bits per heavy atom. The van der Waals surface area contributed by atoms with Gasteiger partial charge in [-0.3, -0.25) is 4.79 Å². The van der Waals surface area contributed by atoms with Crippen molar-refractivity contribution in [1.29, 1.82) is 0 Å². The summed E-state index contributed by atoms with van der Waals surface area (Å²) in [6, 6.07) is 20.0. The second-order valence-corrected chi connectivity index (χ2v) is 8.78. The van der Waals surface area contributed by atoms with E-state index in [4.69, 9.17) is 0 Å². The van der Waals surface area contributed by atoms with E-state index in [-0.39, 0.29) is 0 Å². The zero-order chi connectivity index (χ0) is 23.4. The summed E-state index contributed by atoms with van der Waals surface area (Å²) in [4.78, 5) is 11.9. The molecule has 5 nitrogen and oxygen atoms in total. The highest BCUT2D eigenvalue weighted by Gasteiger charge is 2.37. The molecule has 32 heavy (non-hydrogen) atoms. The molecule has 3 aromatic carbocycles. The Balaban J connectivity index is 1.83. The molecule has 0 radical (unpaired) electrons. The molecule has 1 atom stereocenters. The van der Waals surface area contributed by atoms with Crippen molar-refractivity contribution < 1.29 is 26.4 Å². The maximum absolute atomic E-state index is 13.3. The molecule has 0 saturated heterocycles. The van der Waals surface area contributed by atoms with E-state index in [2.05, 4.69) is 10.0 Å². The third kappa shape index (κ3) is 5.54. The molecule has 2 N–H and O–H groups in total. The van der Waals surface area contributed by atoms with Gasteiger partial charge in [-0.2, -0.15) is 17.9 Å². The predicted molar refractivity (Wildman–Crippen MR) is 114 cm³/mol. The van der Waals surface area contributed by atoms with Gasteiger partial charge in [0.25, 0.3) is 0 Å². The molecule has 9 heteroatoms. The number of sulfonamides is 1. The Labute approximate surface area is 184 Å². The number of alkyl halides is 3. The molecule has 1 amide bonds. The maximum atomic E-state index is 13.3. The van der Waals surface area contributed by atoms with Gasteiger partial charge in [0.05, 0.1) is 22.5 Å². The molecule has 0 saturated carbocycles. The molecule has 0 aromatic heterocycles. The lowest BCUT2D eigenvalue weighted by atomic mass is 9.98. The van der Waals surface area contributed by atoms with Crippen LogP contribution < -0.4 is 10.0 Å². The van der Waals surface area contributed by atoms with Crippen molar-refractivity contribution in [3.05, 3.63) is 102 Å². The first kappa shape index (κ1) is 23.5. The summed E-state index contributed by atoms with van der Waals surface area (Å²) in [6.45, 7) is 1.27. The highest BCUT2D eigenvalue weighted by molar-refractivity contribution is 7.89. The fraction of sp³-hybridized carbons (Fsp3) is 0.174. The van der Waals surface area contributed by atoms with Crippen LogP contribution in [0, 0.1) is 0 Å². The lowest BCUT2D eigenvalue weighted by molar-refractivity contribution is -0.139. The van der Waals surface area contributed by atoms with Gasteiger partial charge in [0.1, 0.15) is 0 Å². The largest absolute Gasteiger partial charge is 0.417 e. The zero-order valence-corrected chi connectivity index (χ0v) is 17.8. The Kier molecular flexibility index (Phi) is 7.00. The van der Waals surface area contributed by atoms with Crippen LogP contribution in [0.15, 0.2) is 89.8 Å². The number of hydrogen-bond donors (Lipinski definition) is 2. The molecule has 0 unspecified atom stereocenters. The number of halogens is 3. The Morgan fingerprint density at radius 2 is 1.28 bits per heavy atom. The van der Waals surface area contributed by atoms with E-state index in [0.29, 0.717) is 6.07 Å². The zero-order valence-electron chi connectivity index (χ0n) is 17.0. The smallest absolute Gasteiger partial charge is 0.344 e. The first-order valence-corrected chi connectivity index (χ1v) is 11.2. The van der Waals surface area contributed by atoms with Gasteiger partial charge in [0.2, 0.25) is 15.9 Å². The van der Waals surface area contributed by atoms with Gasteiger partial charge in [-0.25, -0.2) is 8.42 Å². The Morgan fingerprint density at radius 3 is 1.78 bits per heavy atom. The van der Waals surface area contributed by atoms with Gasteiger partial charge in [0, 0.05) is 0 Å². The molecule has 0 spiro atoms. The summed E-state index contributed by atoms with van der Waals surface area (Å²) >= 11 is 0. The minimum Gasteiger partial charge on any atom is -0.344 e. The predicted octanol–water partition coefficient (Wildman–Crippen LogP) is 4.28. The quantitative estimate of drug-likeness (QED) is 0.551. The number of benzene rings is 3. The highest BCUT2D eigenvalue weighted by atomic mass is 32.2. The van der Waals surface area contributed by atoms with Crippen molar-refractivity contribution in [2.45, 2.75) is 30.1 Å². The molecule has 168 valence electrons. The number of rotatable bonds is 7. The molecule has 3 aromatic rings. The van der Waals surface area contributed by atoms with Gasteiger partial charge in [-0.15, -0.1) is 0 Å². The highest BCUT2D eigenvalue weighted by Crippen LogP contribution is 2.34. The van der Waals surface area contributed by atoms with Crippen molar-refractivity contribution in [3.8, 4) is 0 Å². The van der Waals surface area contributed by atoms with Crippen LogP contribution in [-0.4, -0.2) is 20.4 Å². The second kappa shape index (κ2) is 9.54. The van der Waals surface area contributed by atoms with E-state index in [9.17, 15) is 26.4 Å². The standard InChI is InChI=1S/C23H21F3N2O3S/c1-16(28-32(30,31)20-15-9-8-14-19(20)23(24,25)26)22(29)27-21(17-10-4-2-5-11-17)18-12-6-3-7-13-18/h2-16,21,28H,1H3,(H,27,29)/t16-/m0/s1. The van der Waals surface area contributed by atoms with Gasteiger partial charge in [-0.05, 0) is 30.2 Å². The molecular weight excluding hydrogens is 441 g/mol. The van der Waals surface area contributed by atoms with Gasteiger partial charge in [-0.1, -0.05) is 72.8 Å². The van der Waals surface area contributed by atoms with Crippen molar-refractivity contribution in [1.82, 2.24) is 10.0 Å². The fourth-order valence-electron chi connectivity index (χ4n) is 3.20. The monoisotopic (exact) mass is 462 g/mol. The van der Waals surface area contributed by atoms with E-state index in [1.807, 2.05) is 36.4 Å². The SMILES string of the molecule is C[C@H](NS(=O)(=O)c1ccccc1C(F)(F)F)C(=O)NC(c1ccccc1)c1ccccc1. The third-order valence-corrected chi connectivity index (χ3v) is 6.36. The Hall–Kier alpha value is -3.17. The number of hydrogen-bond acceptors (Lipinski definition) is 3. The summed E-state index contributed by atoms with van der Waals surface area (Å²) in [5.41, 5.74) is 0.237. The molecular formula is C23H21F3N2O3S. The lowest BCUT2D eigenvalue weighted by Gasteiger charge is -2.23. The van der Waals surface area contributed by atoms with Crippen LogP contribution in [0.3, 0.4) is 0 Å². The summed E-state index contributed by atoms with van der Waals surface area (Å²) in [7, 11) is -4.61. The second-order valence-electron chi connectivity index (χ2n) is 7.10. The summed E-state index contributed by atoms with van der Waals surface area (Å²) in [5.74, 6) is -0.684. The lowest BCUT2D eigenvalue weighted by Crippen LogP contribution is -2.46. The minimum atomic E-state index is -4.86. The molecule has 0 fully saturated rings. The topological polar surface area (TPSA) is 75.3 Å². The molecule has 0 heterocycles.